The van der Waals surface area contributed by atoms with Crippen molar-refractivity contribution in [3.63, 3.8) is 0 Å². The van der Waals surface area contributed by atoms with Gasteiger partial charge in [-0.3, -0.25) is 4.79 Å². The van der Waals surface area contributed by atoms with E-state index in [-0.39, 0.29) is 5.91 Å². The SMILES string of the molecule is C=CCn1c(N)c(C(=O)NCC[NH+]2CCOCC2)c2nc3ccccc3nc21. The highest BCUT2D eigenvalue weighted by Gasteiger charge is 2.24. The second kappa shape index (κ2) is 7.95. The zero-order valence-electron chi connectivity index (χ0n) is 15.8. The van der Waals surface area contributed by atoms with E-state index < -0.39 is 0 Å². The van der Waals surface area contributed by atoms with Crippen LogP contribution in [-0.4, -0.2) is 59.8 Å². The summed E-state index contributed by atoms with van der Waals surface area (Å²) in [5.74, 6) is 0.143. The Morgan fingerprint density at radius 1 is 1.29 bits per heavy atom. The number of morpholine rings is 1. The number of carbonyl (C=O) groups excluding carboxylic acids is 1. The van der Waals surface area contributed by atoms with Gasteiger partial charge in [-0.2, -0.15) is 0 Å². The molecule has 0 atom stereocenters. The quantitative estimate of drug-likeness (QED) is 0.522. The van der Waals surface area contributed by atoms with Crippen LogP contribution < -0.4 is 16.0 Å². The van der Waals surface area contributed by atoms with Crippen molar-refractivity contribution in [2.24, 2.45) is 0 Å². The molecule has 0 unspecified atom stereocenters. The molecule has 0 saturated carbocycles. The molecule has 1 amide bonds. The maximum absolute atomic E-state index is 12.9. The minimum Gasteiger partial charge on any atom is -0.384 e. The molecule has 0 radical (unpaired) electrons. The lowest BCUT2D eigenvalue weighted by atomic mass is 10.2. The predicted octanol–water partition coefficient (Wildman–Crippen LogP) is -0.00240. The lowest BCUT2D eigenvalue weighted by Gasteiger charge is -2.23. The summed E-state index contributed by atoms with van der Waals surface area (Å²) in [5, 5.41) is 3.00. The van der Waals surface area contributed by atoms with Crippen molar-refractivity contribution in [3.05, 3.63) is 42.5 Å². The fraction of sp³-hybridized carbons (Fsp3) is 0.350. The summed E-state index contributed by atoms with van der Waals surface area (Å²) < 4.78 is 7.15. The van der Waals surface area contributed by atoms with Gasteiger partial charge in [0.2, 0.25) is 0 Å². The number of fused-ring (bicyclic) bond motifs is 2. The summed E-state index contributed by atoms with van der Waals surface area (Å²) in [6, 6.07) is 7.59. The molecule has 8 nitrogen and oxygen atoms in total. The number of nitrogens with zero attached hydrogens (tertiary/aromatic N) is 3. The van der Waals surface area contributed by atoms with Crippen LogP contribution in [0.5, 0.6) is 0 Å². The van der Waals surface area contributed by atoms with Gasteiger partial charge in [0, 0.05) is 6.54 Å². The Kier molecular flexibility index (Phi) is 5.23. The van der Waals surface area contributed by atoms with Gasteiger partial charge in [-0.1, -0.05) is 18.2 Å². The molecule has 28 heavy (non-hydrogen) atoms. The van der Waals surface area contributed by atoms with E-state index >= 15 is 0 Å². The minimum absolute atomic E-state index is 0.220. The first kappa shape index (κ1) is 18.4. The van der Waals surface area contributed by atoms with E-state index in [1.54, 1.807) is 10.6 Å². The van der Waals surface area contributed by atoms with Crippen LogP contribution in [0.15, 0.2) is 36.9 Å². The zero-order chi connectivity index (χ0) is 19.5. The third-order valence-corrected chi connectivity index (χ3v) is 5.09. The lowest BCUT2D eigenvalue weighted by molar-refractivity contribution is -0.906. The first-order valence-corrected chi connectivity index (χ1v) is 9.54. The van der Waals surface area contributed by atoms with Crippen molar-refractivity contribution in [2.45, 2.75) is 6.54 Å². The average molecular weight is 381 g/mol. The van der Waals surface area contributed by atoms with Crippen molar-refractivity contribution in [1.29, 1.82) is 0 Å². The van der Waals surface area contributed by atoms with Gasteiger partial charge in [0.25, 0.3) is 5.91 Å². The Morgan fingerprint density at radius 3 is 2.71 bits per heavy atom. The Morgan fingerprint density at radius 2 is 2.00 bits per heavy atom. The smallest absolute Gasteiger partial charge is 0.257 e. The van der Waals surface area contributed by atoms with Gasteiger partial charge >= 0.3 is 0 Å². The molecule has 2 aromatic heterocycles. The normalized spacial score (nSPS) is 15.1. The number of aromatic nitrogens is 3. The van der Waals surface area contributed by atoms with E-state index in [0.717, 1.165) is 43.9 Å². The molecular weight excluding hydrogens is 356 g/mol. The van der Waals surface area contributed by atoms with Gasteiger partial charge in [0.05, 0.1) is 37.3 Å². The number of anilines is 1. The number of nitrogens with one attached hydrogen (secondary N) is 2. The molecule has 1 saturated heterocycles. The minimum atomic E-state index is -0.220. The van der Waals surface area contributed by atoms with Crippen LogP contribution in [0.4, 0.5) is 5.82 Å². The average Bonchev–Trinajstić information content (AvgIpc) is 2.98. The number of allylic oxidation sites excluding steroid dienone is 1. The largest absolute Gasteiger partial charge is 0.384 e. The first-order valence-electron chi connectivity index (χ1n) is 9.54. The Bertz CT molecular complexity index is 1020. The van der Waals surface area contributed by atoms with E-state index in [1.807, 2.05) is 24.3 Å². The Balaban J connectivity index is 1.64. The highest BCUT2D eigenvalue weighted by Crippen LogP contribution is 2.27. The summed E-state index contributed by atoms with van der Waals surface area (Å²) in [6.45, 7) is 9.15. The molecule has 1 aromatic carbocycles. The van der Waals surface area contributed by atoms with Crippen molar-refractivity contribution < 1.29 is 14.4 Å². The van der Waals surface area contributed by atoms with Gasteiger partial charge in [-0.25, -0.2) is 9.97 Å². The predicted molar refractivity (Wildman–Crippen MR) is 108 cm³/mol. The number of hydrogen-bond donors (Lipinski definition) is 3. The van der Waals surface area contributed by atoms with Crippen molar-refractivity contribution in [1.82, 2.24) is 19.9 Å². The van der Waals surface area contributed by atoms with Crippen LogP contribution in [-0.2, 0) is 11.3 Å². The van der Waals surface area contributed by atoms with Gasteiger partial charge in [0.1, 0.15) is 30.0 Å². The van der Waals surface area contributed by atoms with Crippen LogP contribution in [0.25, 0.3) is 22.2 Å². The van der Waals surface area contributed by atoms with E-state index in [4.69, 9.17) is 10.5 Å². The first-order chi connectivity index (χ1) is 13.7. The number of nitrogen functional groups attached to an aromatic ring is 1. The molecule has 4 N–H and O–H groups in total. The number of nitrogens with two attached hydrogens (primary N) is 1. The zero-order valence-corrected chi connectivity index (χ0v) is 15.8. The van der Waals surface area contributed by atoms with Gasteiger partial charge in [-0.05, 0) is 12.1 Å². The monoisotopic (exact) mass is 381 g/mol. The van der Waals surface area contributed by atoms with E-state index in [9.17, 15) is 4.79 Å². The standard InChI is InChI=1S/C20H24N6O2/c1-2-8-26-18(21)16(20(27)22-7-9-25-10-12-28-13-11-25)17-19(26)24-15-6-4-3-5-14(15)23-17/h2-6H,1,7-13,21H2,(H,22,27)/p+1. The summed E-state index contributed by atoms with van der Waals surface area (Å²) in [6.07, 6.45) is 1.73. The van der Waals surface area contributed by atoms with E-state index in [2.05, 4.69) is 21.9 Å². The topological polar surface area (TPSA) is 99.5 Å². The molecule has 1 aliphatic heterocycles. The van der Waals surface area contributed by atoms with Gasteiger partial charge < -0.3 is 25.3 Å². The number of ether oxygens (including phenoxy) is 1. The molecule has 0 aliphatic carbocycles. The maximum atomic E-state index is 12.9. The van der Waals surface area contributed by atoms with Crippen molar-refractivity contribution >= 4 is 33.9 Å². The third kappa shape index (κ3) is 3.44. The summed E-state index contributed by atoms with van der Waals surface area (Å²) in [7, 11) is 0. The molecule has 4 rings (SSSR count). The number of rotatable bonds is 6. The maximum Gasteiger partial charge on any atom is 0.257 e. The molecular formula is C20H25N6O2+. The second-order valence-corrected chi connectivity index (χ2v) is 6.91. The number of para-hydroxylation sites is 2. The van der Waals surface area contributed by atoms with Crippen LogP contribution in [0, 0.1) is 0 Å². The van der Waals surface area contributed by atoms with E-state index in [0.29, 0.717) is 35.6 Å². The molecule has 0 bridgehead atoms. The Hall–Kier alpha value is -2.97. The molecule has 146 valence electrons. The van der Waals surface area contributed by atoms with Crippen molar-refractivity contribution in [2.75, 3.05) is 45.1 Å². The second-order valence-electron chi connectivity index (χ2n) is 6.91. The highest BCUT2D eigenvalue weighted by molar-refractivity contribution is 6.10. The Labute approximate surface area is 163 Å². The molecule has 1 fully saturated rings. The molecule has 1 aliphatic rings. The van der Waals surface area contributed by atoms with Crippen LogP contribution in [0.1, 0.15) is 10.4 Å². The summed E-state index contributed by atoms with van der Waals surface area (Å²) in [4.78, 5) is 23.7. The molecule has 8 heteroatoms. The van der Waals surface area contributed by atoms with Gasteiger partial charge in [-0.15, -0.1) is 6.58 Å². The van der Waals surface area contributed by atoms with Crippen LogP contribution in [0.3, 0.4) is 0 Å². The number of hydrogen-bond acceptors (Lipinski definition) is 5. The number of amides is 1. The molecule has 3 heterocycles. The number of quaternary nitrogens is 1. The number of benzene rings is 1. The lowest BCUT2D eigenvalue weighted by Crippen LogP contribution is -3.14. The van der Waals surface area contributed by atoms with E-state index in [1.165, 1.54) is 4.90 Å². The molecule has 0 spiro atoms. The van der Waals surface area contributed by atoms with Crippen molar-refractivity contribution in [3.8, 4) is 0 Å². The number of carbonyl (C=O) groups is 1. The fourth-order valence-corrected chi connectivity index (χ4v) is 3.61. The van der Waals surface area contributed by atoms with Crippen LogP contribution >= 0.6 is 0 Å². The highest BCUT2D eigenvalue weighted by atomic mass is 16.5. The summed E-state index contributed by atoms with van der Waals surface area (Å²) >= 11 is 0. The molecule has 3 aromatic rings. The van der Waals surface area contributed by atoms with Gasteiger partial charge in [0.15, 0.2) is 5.65 Å². The fourth-order valence-electron chi connectivity index (χ4n) is 3.61. The van der Waals surface area contributed by atoms with Crippen LogP contribution in [0.2, 0.25) is 0 Å². The third-order valence-electron chi connectivity index (χ3n) is 5.09. The summed E-state index contributed by atoms with van der Waals surface area (Å²) in [5.41, 5.74) is 9.33.